The third-order valence-corrected chi connectivity index (χ3v) is 3.59. The fraction of sp³-hybridized carbons (Fsp3) is 0.412. The van der Waals surface area contributed by atoms with Gasteiger partial charge in [-0.05, 0) is 51.5 Å². The first-order valence-corrected chi connectivity index (χ1v) is 7.30. The minimum atomic E-state index is 0.00614. The molecule has 2 rings (SSSR count). The van der Waals surface area contributed by atoms with Crippen LogP contribution in [0.3, 0.4) is 0 Å². The summed E-state index contributed by atoms with van der Waals surface area (Å²) < 4.78 is 0. The van der Waals surface area contributed by atoms with Gasteiger partial charge in [-0.15, -0.1) is 0 Å². The fourth-order valence-electron chi connectivity index (χ4n) is 2.52. The quantitative estimate of drug-likeness (QED) is 0.917. The minimum absolute atomic E-state index is 0.00614. The largest absolute Gasteiger partial charge is 0.392 e. The molecule has 0 aliphatic carbocycles. The van der Waals surface area contributed by atoms with Gasteiger partial charge in [0.2, 0.25) is 0 Å². The first-order valence-electron chi connectivity index (χ1n) is 7.30. The number of hydrogen-bond acceptors (Lipinski definition) is 4. The lowest BCUT2D eigenvalue weighted by molar-refractivity contribution is 0.280. The molecule has 0 aromatic carbocycles. The molecule has 0 bridgehead atoms. The first kappa shape index (κ1) is 15.4. The van der Waals surface area contributed by atoms with Crippen LogP contribution >= 0.6 is 0 Å². The van der Waals surface area contributed by atoms with Crippen LogP contribution in [0.2, 0.25) is 0 Å². The standard InChI is InChI=1S/C17H23N3O/c1-5-20(10-15-8-6-7-13(3)18-15)17-16(11-21)12(2)9-14(4)19-17/h6-9,21H,5,10-11H2,1-4H3. The Labute approximate surface area is 126 Å². The molecule has 112 valence electrons. The number of nitrogens with zero attached hydrogens (tertiary/aromatic N) is 3. The lowest BCUT2D eigenvalue weighted by atomic mass is 10.1. The Bertz CT molecular complexity index is 625. The predicted molar refractivity (Wildman–Crippen MR) is 85.3 cm³/mol. The Hall–Kier alpha value is -1.94. The Balaban J connectivity index is 2.37. The van der Waals surface area contributed by atoms with E-state index >= 15 is 0 Å². The van der Waals surface area contributed by atoms with Gasteiger partial charge < -0.3 is 10.0 Å². The molecule has 21 heavy (non-hydrogen) atoms. The number of aliphatic hydroxyl groups excluding tert-OH is 1. The van der Waals surface area contributed by atoms with Crippen LogP contribution < -0.4 is 4.90 Å². The Kier molecular flexibility index (Phi) is 4.91. The maximum absolute atomic E-state index is 9.66. The lowest BCUT2D eigenvalue weighted by Crippen LogP contribution is -2.25. The van der Waals surface area contributed by atoms with Crippen LogP contribution in [0, 0.1) is 20.8 Å². The van der Waals surface area contributed by atoms with E-state index in [0.717, 1.165) is 40.6 Å². The Morgan fingerprint density at radius 1 is 1.10 bits per heavy atom. The number of hydrogen-bond donors (Lipinski definition) is 1. The van der Waals surface area contributed by atoms with Crippen LogP contribution in [0.4, 0.5) is 5.82 Å². The zero-order valence-electron chi connectivity index (χ0n) is 13.2. The van der Waals surface area contributed by atoms with Crippen molar-refractivity contribution >= 4 is 5.82 Å². The molecular weight excluding hydrogens is 262 g/mol. The van der Waals surface area contributed by atoms with E-state index in [9.17, 15) is 5.11 Å². The average Bonchev–Trinajstić information content (AvgIpc) is 2.44. The lowest BCUT2D eigenvalue weighted by Gasteiger charge is -2.25. The molecule has 1 N–H and O–H groups in total. The van der Waals surface area contributed by atoms with Gasteiger partial charge >= 0.3 is 0 Å². The van der Waals surface area contributed by atoms with Crippen LogP contribution in [0.5, 0.6) is 0 Å². The molecule has 2 aromatic heterocycles. The first-order chi connectivity index (χ1) is 10.0. The van der Waals surface area contributed by atoms with Crippen molar-refractivity contribution < 1.29 is 5.11 Å². The van der Waals surface area contributed by atoms with Crippen LogP contribution in [0.25, 0.3) is 0 Å². The van der Waals surface area contributed by atoms with Crippen LogP contribution in [-0.2, 0) is 13.2 Å². The highest BCUT2D eigenvalue weighted by atomic mass is 16.3. The summed E-state index contributed by atoms with van der Waals surface area (Å²) in [5.74, 6) is 0.862. The van der Waals surface area contributed by atoms with Crippen LogP contribution in [0.15, 0.2) is 24.3 Å². The topological polar surface area (TPSA) is 49.2 Å². The number of pyridine rings is 2. The molecule has 0 saturated carbocycles. The van der Waals surface area contributed by atoms with Crippen molar-refractivity contribution in [2.45, 2.75) is 40.8 Å². The molecule has 0 aliphatic heterocycles. The molecule has 0 aliphatic rings. The molecule has 0 unspecified atom stereocenters. The van der Waals surface area contributed by atoms with E-state index in [1.807, 2.05) is 45.0 Å². The average molecular weight is 285 g/mol. The maximum Gasteiger partial charge on any atom is 0.134 e. The highest BCUT2D eigenvalue weighted by Gasteiger charge is 2.15. The molecule has 0 saturated heterocycles. The van der Waals surface area contributed by atoms with Gasteiger partial charge in [-0.1, -0.05) is 6.07 Å². The fourth-order valence-corrected chi connectivity index (χ4v) is 2.52. The minimum Gasteiger partial charge on any atom is -0.392 e. The second-order valence-electron chi connectivity index (χ2n) is 5.33. The van der Waals surface area contributed by atoms with Gasteiger partial charge in [0.15, 0.2) is 0 Å². The van der Waals surface area contributed by atoms with Gasteiger partial charge in [-0.3, -0.25) is 4.98 Å². The van der Waals surface area contributed by atoms with Crippen molar-refractivity contribution in [3.63, 3.8) is 0 Å². The van der Waals surface area contributed by atoms with Crippen molar-refractivity contribution in [2.75, 3.05) is 11.4 Å². The summed E-state index contributed by atoms with van der Waals surface area (Å²) in [5, 5.41) is 9.66. The molecule has 4 heteroatoms. The summed E-state index contributed by atoms with van der Waals surface area (Å²) in [6.45, 7) is 9.61. The van der Waals surface area contributed by atoms with E-state index in [4.69, 9.17) is 0 Å². The van der Waals surface area contributed by atoms with E-state index in [0.29, 0.717) is 6.54 Å². The third-order valence-electron chi connectivity index (χ3n) is 3.59. The van der Waals surface area contributed by atoms with Crippen molar-refractivity contribution in [1.82, 2.24) is 9.97 Å². The van der Waals surface area contributed by atoms with E-state index in [1.165, 1.54) is 0 Å². The number of rotatable bonds is 5. The highest BCUT2D eigenvalue weighted by Crippen LogP contribution is 2.24. The van der Waals surface area contributed by atoms with E-state index in [1.54, 1.807) is 0 Å². The van der Waals surface area contributed by atoms with Crippen molar-refractivity contribution in [3.8, 4) is 0 Å². The summed E-state index contributed by atoms with van der Waals surface area (Å²) in [5.41, 5.74) is 4.97. The third kappa shape index (κ3) is 3.58. The Morgan fingerprint density at radius 2 is 1.86 bits per heavy atom. The number of aliphatic hydroxyl groups is 1. The summed E-state index contributed by atoms with van der Waals surface area (Å²) in [6.07, 6.45) is 0. The molecule has 0 atom stereocenters. The predicted octanol–water partition coefficient (Wildman–Crippen LogP) is 2.92. The molecule has 2 heterocycles. The molecule has 0 amide bonds. The zero-order valence-corrected chi connectivity index (χ0v) is 13.2. The molecule has 2 aromatic rings. The molecule has 0 radical (unpaired) electrons. The number of aryl methyl sites for hydroxylation is 3. The highest BCUT2D eigenvalue weighted by molar-refractivity contribution is 5.51. The van der Waals surface area contributed by atoms with Gasteiger partial charge in [0.1, 0.15) is 5.82 Å². The summed E-state index contributed by atoms with van der Waals surface area (Å²) >= 11 is 0. The zero-order chi connectivity index (χ0) is 15.4. The van der Waals surface area contributed by atoms with Crippen molar-refractivity contribution in [1.29, 1.82) is 0 Å². The SMILES string of the molecule is CCN(Cc1cccc(C)n1)c1nc(C)cc(C)c1CO. The van der Waals surface area contributed by atoms with E-state index in [-0.39, 0.29) is 6.61 Å². The van der Waals surface area contributed by atoms with Gasteiger partial charge in [-0.2, -0.15) is 0 Å². The molecular formula is C17H23N3O. The molecule has 4 nitrogen and oxygen atoms in total. The van der Waals surface area contributed by atoms with Gasteiger partial charge in [0.25, 0.3) is 0 Å². The summed E-state index contributed by atoms with van der Waals surface area (Å²) in [6, 6.07) is 8.05. The Morgan fingerprint density at radius 3 is 2.48 bits per heavy atom. The maximum atomic E-state index is 9.66. The van der Waals surface area contributed by atoms with Gasteiger partial charge in [0, 0.05) is 23.5 Å². The smallest absolute Gasteiger partial charge is 0.134 e. The number of anilines is 1. The monoisotopic (exact) mass is 285 g/mol. The van der Waals surface area contributed by atoms with Gasteiger partial charge in [0.05, 0.1) is 18.8 Å². The van der Waals surface area contributed by atoms with Crippen LogP contribution in [0.1, 0.15) is 35.1 Å². The summed E-state index contributed by atoms with van der Waals surface area (Å²) in [7, 11) is 0. The molecule has 0 fully saturated rings. The van der Waals surface area contributed by atoms with E-state index < -0.39 is 0 Å². The molecule has 0 spiro atoms. The van der Waals surface area contributed by atoms with Crippen molar-refractivity contribution in [3.05, 3.63) is 52.5 Å². The normalized spacial score (nSPS) is 10.7. The van der Waals surface area contributed by atoms with Crippen molar-refractivity contribution in [2.24, 2.45) is 0 Å². The second-order valence-corrected chi connectivity index (χ2v) is 5.33. The second kappa shape index (κ2) is 6.68. The van der Waals surface area contributed by atoms with Gasteiger partial charge in [-0.25, -0.2) is 4.98 Å². The van der Waals surface area contributed by atoms with E-state index in [2.05, 4.69) is 21.8 Å². The summed E-state index contributed by atoms with van der Waals surface area (Å²) in [4.78, 5) is 11.3. The van der Waals surface area contributed by atoms with Crippen LogP contribution in [-0.4, -0.2) is 21.6 Å². The number of aromatic nitrogens is 2.